The molecule has 0 spiro atoms. The van der Waals surface area contributed by atoms with Gasteiger partial charge in [0.1, 0.15) is 6.21 Å². The van der Waals surface area contributed by atoms with Crippen LogP contribution in [0, 0.1) is 4.91 Å². The predicted molar refractivity (Wildman–Crippen MR) is 41.4 cm³/mol. The third-order valence-corrected chi connectivity index (χ3v) is 1.69. The molecular formula is C8H7N2O+. The van der Waals surface area contributed by atoms with Crippen LogP contribution in [0.25, 0.3) is 0 Å². The zero-order valence-electron chi connectivity index (χ0n) is 5.90. The highest BCUT2D eigenvalue weighted by Gasteiger charge is 2.15. The fourth-order valence-electron chi connectivity index (χ4n) is 1.12. The van der Waals surface area contributed by atoms with Crippen LogP contribution in [-0.4, -0.2) is 11.1 Å². The van der Waals surface area contributed by atoms with Crippen molar-refractivity contribution in [3.8, 4) is 0 Å². The minimum absolute atomic E-state index is 0.368. The molecule has 0 bridgehead atoms. The summed E-state index contributed by atoms with van der Waals surface area (Å²) in [5, 5.41) is 3.62. The zero-order chi connectivity index (χ0) is 7.68. The van der Waals surface area contributed by atoms with Gasteiger partial charge in [0.2, 0.25) is 0 Å². The number of hydrogen-bond donors (Lipinski definition) is 0. The minimum Gasteiger partial charge on any atom is -0.0617 e. The Balaban J connectivity index is 2.54. The molecule has 54 valence electrons. The van der Waals surface area contributed by atoms with Gasteiger partial charge in [0.15, 0.2) is 4.87 Å². The van der Waals surface area contributed by atoms with Gasteiger partial charge in [0.25, 0.3) is 6.54 Å². The van der Waals surface area contributed by atoms with E-state index >= 15 is 0 Å². The normalized spacial score (nSPS) is 14.7. The molecule has 3 heteroatoms. The Bertz CT molecular complexity index is 331. The fourth-order valence-corrected chi connectivity index (χ4v) is 1.12. The quantitative estimate of drug-likeness (QED) is 0.509. The first-order chi connectivity index (χ1) is 5.36. The monoisotopic (exact) mass is 147 g/mol. The van der Waals surface area contributed by atoms with Gasteiger partial charge in [0, 0.05) is 16.2 Å². The number of hydrazone groups is 1. The summed E-state index contributed by atoms with van der Waals surface area (Å²) in [6.45, 7) is 0.368. The van der Waals surface area contributed by atoms with Crippen LogP contribution in [0.15, 0.2) is 29.4 Å². The maximum atomic E-state index is 10.7. The number of benzene rings is 1. The van der Waals surface area contributed by atoms with Crippen LogP contribution in [-0.2, 0) is 6.54 Å². The second-order valence-electron chi connectivity index (χ2n) is 2.45. The lowest BCUT2D eigenvalue weighted by atomic mass is 10.1. The molecule has 0 atom stereocenters. The van der Waals surface area contributed by atoms with Gasteiger partial charge in [-0.1, -0.05) is 24.3 Å². The molecule has 1 aliphatic rings. The van der Waals surface area contributed by atoms with Gasteiger partial charge in [0.05, 0.1) is 4.91 Å². The Labute approximate surface area is 63.9 Å². The van der Waals surface area contributed by atoms with E-state index < -0.39 is 0 Å². The molecule has 1 aliphatic heterocycles. The fraction of sp³-hybridized carbons (Fsp3) is 0.125. The van der Waals surface area contributed by atoms with Crippen LogP contribution >= 0.6 is 0 Å². The van der Waals surface area contributed by atoms with Gasteiger partial charge in [-0.15, -0.1) is 0 Å². The number of rotatable bonds is 0. The number of nitroso groups, excluding NO2 is 1. The molecule has 0 aromatic heterocycles. The second kappa shape index (κ2) is 2.27. The molecule has 1 heterocycles. The van der Waals surface area contributed by atoms with E-state index in [1.54, 1.807) is 6.21 Å². The van der Waals surface area contributed by atoms with E-state index in [4.69, 9.17) is 0 Å². The van der Waals surface area contributed by atoms with Gasteiger partial charge in [-0.2, -0.15) is 0 Å². The molecule has 0 amide bonds. The lowest BCUT2D eigenvalue weighted by molar-refractivity contribution is -0.571. The molecule has 0 fully saturated rings. The van der Waals surface area contributed by atoms with Gasteiger partial charge >= 0.3 is 0 Å². The third kappa shape index (κ3) is 1.05. The first kappa shape index (κ1) is 6.22. The summed E-state index contributed by atoms with van der Waals surface area (Å²) in [6, 6.07) is 7.74. The van der Waals surface area contributed by atoms with Crippen molar-refractivity contribution in [2.75, 3.05) is 0 Å². The summed E-state index contributed by atoms with van der Waals surface area (Å²) in [5.41, 5.74) is 2.08. The first-order valence-electron chi connectivity index (χ1n) is 3.43. The molecule has 0 saturated carbocycles. The van der Waals surface area contributed by atoms with Crippen molar-refractivity contribution in [1.82, 2.24) is 0 Å². The van der Waals surface area contributed by atoms with E-state index in [1.165, 1.54) is 0 Å². The summed E-state index contributed by atoms with van der Waals surface area (Å²) in [6.07, 6.45) is 1.59. The van der Waals surface area contributed by atoms with Crippen LogP contribution in [0.4, 0.5) is 0 Å². The predicted octanol–water partition coefficient (Wildman–Crippen LogP) is 1.31. The number of hydrogen-bond acceptors (Lipinski definition) is 1. The maximum Gasteiger partial charge on any atom is 0.253 e. The van der Waals surface area contributed by atoms with Crippen molar-refractivity contribution in [2.24, 2.45) is 5.10 Å². The molecule has 1 aromatic carbocycles. The summed E-state index contributed by atoms with van der Waals surface area (Å²) in [5.74, 6) is 0. The van der Waals surface area contributed by atoms with Crippen molar-refractivity contribution < 1.29 is 4.87 Å². The van der Waals surface area contributed by atoms with Crippen LogP contribution in [0.5, 0.6) is 0 Å². The van der Waals surface area contributed by atoms with E-state index in [1.807, 2.05) is 24.3 Å². The third-order valence-electron chi connectivity index (χ3n) is 1.69. The van der Waals surface area contributed by atoms with E-state index in [0.29, 0.717) is 11.4 Å². The van der Waals surface area contributed by atoms with E-state index in [2.05, 4.69) is 5.10 Å². The lowest BCUT2D eigenvalue weighted by Crippen LogP contribution is -2.08. The standard InChI is InChI=1S/C8H7N2O/c11-10-6-8-4-2-1-3-7(8)5-9-10/h1-5H,6H2/q+1. The summed E-state index contributed by atoms with van der Waals surface area (Å²) in [7, 11) is 0. The van der Waals surface area contributed by atoms with Crippen molar-refractivity contribution in [2.45, 2.75) is 6.54 Å². The second-order valence-corrected chi connectivity index (χ2v) is 2.45. The van der Waals surface area contributed by atoms with Crippen LogP contribution in [0.2, 0.25) is 0 Å². The van der Waals surface area contributed by atoms with Gasteiger partial charge in [-0.05, 0) is 0 Å². The number of nitrogens with zero attached hydrogens (tertiary/aromatic N) is 2. The maximum absolute atomic E-state index is 10.7. The topological polar surface area (TPSA) is 32.4 Å². The highest BCUT2D eigenvalue weighted by molar-refractivity contribution is 5.81. The molecule has 3 nitrogen and oxygen atoms in total. The van der Waals surface area contributed by atoms with Gasteiger partial charge < -0.3 is 0 Å². The largest absolute Gasteiger partial charge is 0.253 e. The Kier molecular flexibility index (Phi) is 1.28. The summed E-state index contributed by atoms with van der Waals surface area (Å²) in [4.78, 5) is 11.4. The van der Waals surface area contributed by atoms with Crippen molar-refractivity contribution >= 4 is 6.21 Å². The smallest absolute Gasteiger partial charge is 0.0617 e. The van der Waals surface area contributed by atoms with Gasteiger partial charge in [-0.3, -0.25) is 0 Å². The molecule has 0 unspecified atom stereocenters. The molecule has 0 saturated heterocycles. The summed E-state index contributed by atoms with van der Waals surface area (Å²) >= 11 is 0. The van der Waals surface area contributed by atoms with Crippen LogP contribution < -0.4 is 0 Å². The Hall–Kier alpha value is -1.51. The van der Waals surface area contributed by atoms with Crippen molar-refractivity contribution in [3.63, 3.8) is 0 Å². The minimum atomic E-state index is 0.368. The Morgan fingerprint density at radius 1 is 1.36 bits per heavy atom. The lowest BCUT2D eigenvalue weighted by Gasteiger charge is -2.00. The van der Waals surface area contributed by atoms with Gasteiger partial charge in [-0.25, -0.2) is 0 Å². The Morgan fingerprint density at radius 2 is 2.18 bits per heavy atom. The highest BCUT2D eigenvalue weighted by Crippen LogP contribution is 2.10. The molecule has 11 heavy (non-hydrogen) atoms. The van der Waals surface area contributed by atoms with Crippen LogP contribution in [0.1, 0.15) is 11.1 Å². The molecule has 1 aromatic rings. The van der Waals surface area contributed by atoms with Crippen molar-refractivity contribution in [1.29, 1.82) is 0 Å². The van der Waals surface area contributed by atoms with E-state index in [0.717, 1.165) is 11.1 Å². The average molecular weight is 147 g/mol. The Morgan fingerprint density at radius 3 is 3.09 bits per heavy atom. The molecule has 0 aliphatic carbocycles. The molecule has 0 radical (unpaired) electrons. The van der Waals surface area contributed by atoms with Crippen LogP contribution in [0.3, 0.4) is 0 Å². The highest BCUT2D eigenvalue weighted by atomic mass is 16.3. The van der Waals surface area contributed by atoms with E-state index in [9.17, 15) is 4.91 Å². The number of fused-ring (bicyclic) bond motifs is 1. The zero-order valence-corrected chi connectivity index (χ0v) is 5.90. The first-order valence-corrected chi connectivity index (χ1v) is 3.43. The summed E-state index contributed by atoms with van der Waals surface area (Å²) < 4.78 is 0. The average Bonchev–Trinajstić information content (AvgIpc) is 2.04. The molecular weight excluding hydrogens is 140 g/mol. The van der Waals surface area contributed by atoms with E-state index in [-0.39, 0.29) is 0 Å². The van der Waals surface area contributed by atoms with Crippen molar-refractivity contribution in [3.05, 3.63) is 40.3 Å². The molecule has 2 rings (SSSR count). The molecule has 0 N–H and O–H groups in total. The SMILES string of the molecule is O=[N+]1Cc2ccccc2C=N1.